The van der Waals surface area contributed by atoms with E-state index in [1.165, 1.54) is 37.4 Å². The molecule has 2 unspecified atom stereocenters. The third-order valence-electron chi connectivity index (χ3n) is 6.53. The van der Waals surface area contributed by atoms with Crippen LogP contribution in [0.2, 0.25) is 0 Å². The summed E-state index contributed by atoms with van der Waals surface area (Å²) in [5.74, 6) is 0.410. The summed E-state index contributed by atoms with van der Waals surface area (Å²) in [7, 11) is -3.68. The molecule has 2 aromatic rings. The van der Waals surface area contributed by atoms with Crippen LogP contribution < -0.4 is 5.32 Å². The molecule has 3 rings (SSSR count). The van der Waals surface area contributed by atoms with Crippen molar-refractivity contribution in [3.8, 4) is 0 Å². The molecule has 198 valence electrons. The molecule has 1 aliphatic rings. The third kappa shape index (κ3) is 8.33. The molecule has 0 aliphatic carbocycles. The number of benzene rings is 2. The highest BCUT2D eigenvalue weighted by atomic mass is 79.9. The van der Waals surface area contributed by atoms with Crippen molar-refractivity contribution in [1.29, 1.82) is 0 Å². The number of amides is 1. The van der Waals surface area contributed by atoms with Crippen molar-refractivity contribution in [2.45, 2.75) is 80.4 Å². The molecule has 0 saturated carbocycles. The molecule has 1 heterocycles. The lowest BCUT2D eigenvalue weighted by atomic mass is 9.94. The van der Waals surface area contributed by atoms with Crippen LogP contribution in [0, 0.1) is 11.8 Å². The van der Waals surface area contributed by atoms with Gasteiger partial charge in [-0.3, -0.25) is 4.79 Å². The number of nitrogens with one attached hydrogen (secondary N) is 1. The second-order valence-corrected chi connectivity index (χ2v) is 14.0. The van der Waals surface area contributed by atoms with E-state index in [0.717, 1.165) is 33.5 Å². The average molecular weight is 596 g/mol. The number of piperidine rings is 1. The Bertz CT molecular complexity index is 1100. The first-order chi connectivity index (χ1) is 17.2. The summed E-state index contributed by atoms with van der Waals surface area (Å²) in [4.78, 5) is 15.2. The SMILES string of the molecule is CCCCCCCCNC(=O)c1cc(S(=O)(=O)N2CC(C)CC(C)C2)ccc1Sc1ccc(Br)cc1. The van der Waals surface area contributed by atoms with Gasteiger partial charge in [0.05, 0.1) is 10.5 Å². The minimum absolute atomic E-state index is 0.189. The number of carbonyl (C=O) groups excluding carboxylic acids is 1. The quantitative estimate of drug-likeness (QED) is 0.261. The first-order valence-corrected chi connectivity index (χ1v) is 16.1. The van der Waals surface area contributed by atoms with Crippen LogP contribution >= 0.6 is 27.7 Å². The van der Waals surface area contributed by atoms with E-state index in [-0.39, 0.29) is 10.8 Å². The molecule has 1 amide bonds. The lowest BCUT2D eigenvalue weighted by molar-refractivity contribution is 0.0949. The van der Waals surface area contributed by atoms with E-state index in [9.17, 15) is 13.2 Å². The summed E-state index contributed by atoms with van der Waals surface area (Å²) in [6, 6.07) is 12.9. The smallest absolute Gasteiger partial charge is 0.252 e. The molecule has 1 fully saturated rings. The van der Waals surface area contributed by atoms with Gasteiger partial charge in [-0.1, -0.05) is 80.6 Å². The monoisotopic (exact) mass is 594 g/mol. The Labute approximate surface area is 230 Å². The fourth-order valence-corrected chi connectivity index (χ4v) is 7.61. The number of hydrogen-bond donors (Lipinski definition) is 1. The van der Waals surface area contributed by atoms with E-state index in [1.54, 1.807) is 22.5 Å². The molecule has 36 heavy (non-hydrogen) atoms. The highest BCUT2D eigenvalue weighted by Gasteiger charge is 2.32. The lowest BCUT2D eigenvalue weighted by Crippen LogP contribution is -2.42. The van der Waals surface area contributed by atoms with Gasteiger partial charge in [-0.05, 0) is 67.1 Å². The maximum Gasteiger partial charge on any atom is 0.252 e. The Balaban J connectivity index is 1.81. The van der Waals surface area contributed by atoms with E-state index < -0.39 is 10.0 Å². The molecule has 1 aliphatic heterocycles. The first kappa shape index (κ1) is 29.2. The van der Waals surface area contributed by atoms with Crippen LogP contribution in [0.15, 0.2) is 61.6 Å². The van der Waals surface area contributed by atoms with Crippen molar-refractivity contribution < 1.29 is 13.2 Å². The number of sulfonamides is 1. The Morgan fingerprint density at radius 3 is 2.31 bits per heavy atom. The lowest BCUT2D eigenvalue weighted by Gasteiger charge is -2.34. The number of halogens is 1. The highest BCUT2D eigenvalue weighted by molar-refractivity contribution is 9.10. The Kier molecular flexibility index (Phi) is 11.3. The number of carbonyl (C=O) groups is 1. The maximum absolute atomic E-state index is 13.5. The van der Waals surface area contributed by atoms with Gasteiger partial charge >= 0.3 is 0 Å². The van der Waals surface area contributed by atoms with Crippen LogP contribution in [-0.2, 0) is 10.0 Å². The van der Waals surface area contributed by atoms with Crippen molar-refractivity contribution in [2.75, 3.05) is 19.6 Å². The van der Waals surface area contributed by atoms with Gasteiger partial charge in [-0.15, -0.1) is 0 Å². The van der Waals surface area contributed by atoms with Crippen molar-refractivity contribution in [2.24, 2.45) is 11.8 Å². The minimum Gasteiger partial charge on any atom is -0.352 e. The summed E-state index contributed by atoms with van der Waals surface area (Å²) >= 11 is 4.93. The van der Waals surface area contributed by atoms with Gasteiger partial charge in [-0.2, -0.15) is 4.31 Å². The van der Waals surface area contributed by atoms with Crippen LogP contribution in [-0.4, -0.2) is 38.3 Å². The van der Waals surface area contributed by atoms with Gasteiger partial charge in [-0.25, -0.2) is 8.42 Å². The third-order valence-corrected chi connectivity index (χ3v) is 9.97. The zero-order chi connectivity index (χ0) is 26.1. The van der Waals surface area contributed by atoms with Crippen molar-refractivity contribution in [1.82, 2.24) is 9.62 Å². The molecular formula is C28H39BrN2O3S2. The fraction of sp³-hybridized carbons (Fsp3) is 0.536. The van der Waals surface area contributed by atoms with E-state index in [2.05, 4.69) is 42.0 Å². The molecule has 2 aromatic carbocycles. The average Bonchev–Trinajstić information content (AvgIpc) is 2.84. The Hall–Kier alpha value is -1.35. The second-order valence-electron chi connectivity index (χ2n) is 10.0. The van der Waals surface area contributed by atoms with Crippen LogP contribution in [0.5, 0.6) is 0 Å². The number of hydrogen-bond acceptors (Lipinski definition) is 4. The van der Waals surface area contributed by atoms with Gasteiger partial charge in [0.25, 0.3) is 5.91 Å². The normalized spacial score (nSPS) is 18.8. The summed E-state index contributed by atoms with van der Waals surface area (Å²) in [5.41, 5.74) is 0.410. The van der Waals surface area contributed by atoms with Gasteiger partial charge < -0.3 is 5.32 Å². The summed E-state index contributed by atoms with van der Waals surface area (Å²) in [5, 5.41) is 3.03. The summed E-state index contributed by atoms with van der Waals surface area (Å²) < 4.78 is 29.6. The molecule has 0 bridgehead atoms. The topological polar surface area (TPSA) is 66.5 Å². The Morgan fingerprint density at radius 1 is 1.00 bits per heavy atom. The van der Waals surface area contributed by atoms with Gasteiger partial charge in [0.2, 0.25) is 10.0 Å². The number of nitrogens with zero attached hydrogens (tertiary/aromatic N) is 1. The molecule has 1 saturated heterocycles. The van der Waals surface area contributed by atoms with Crippen molar-refractivity contribution in [3.63, 3.8) is 0 Å². The van der Waals surface area contributed by atoms with Gasteiger partial charge in [0, 0.05) is 33.9 Å². The molecule has 0 aromatic heterocycles. The van der Waals surface area contributed by atoms with E-state index in [0.29, 0.717) is 37.0 Å². The van der Waals surface area contributed by atoms with Gasteiger partial charge in [0.1, 0.15) is 0 Å². The minimum atomic E-state index is -3.68. The fourth-order valence-electron chi connectivity index (χ4n) is 4.72. The predicted octanol–water partition coefficient (Wildman–Crippen LogP) is 7.36. The molecule has 2 atom stereocenters. The van der Waals surface area contributed by atoms with E-state index >= 15 is 0 Å². The van der Waals surface area contributed by atoms with Crippen LogP contribution in [0.4, 0.5) is 0 Å². The summed E-state index contributed by atoms with van der Waals surface area (Å²) in [6.07, 6.45) is 7.90. The van der Waals surface area contributed by atoms with E-state index in [1.807, 2.05) is 24.3 Å². The van der Waals surface area contributed by atoms with Crippen LogP contribution in [0.1, 0.15) is 76.1 Å². The predicted molar refractivity (Wildman–Crippen MR) is 152 cm³/mol. The molecular weight excluding hydrogens is 556 g/mol. The Morgan fingerprint density at radius 2 is 1.64 bits per heavy atom. The van der Waals surface area contributed by atoms with Crippen molar-refractivity contribution >= 4 is 43.6 Å². The molecule has 1 N–H and O–H groups in total. The molecule has 8 heteroatoms. The number of rotatable bonds is 12. The first-order valence-electron chi connectivity index (χ1n) is 13.1. The van der Waals surface area contributed by atoms with Gasteiger partial charge in [0.15, 0.2) is 0 Å². The van der Waals surface area contributed by atoms with E-state index in [4.69, 9.17) is 0 Å². The van der Waals surface area contributed by atoms with Crippen LogP contribution in [0.25, 0.3) is 0 Å². The molecule has 0 radical (unpaired) electrons. The number of unbranched alkanes of at least 4 members (excludes halogenated alkanes) is 5. The van der Waals surface area contributed by atoms with Crippen LogP contribution in [0.3, 0.4) is 0 Å². The summed E-state index contributed by atoms with van der Waals surface area (Å²) in [6.45, 7) is 8.01. The highest BCUT2D eigenvalue weighted by Crippen LogP contribution is 2.34. The zero-order valence-electron chi connectivity index (χ0n) is 21.6. The molecule has 5 nitrogen and oxygen atoms in total. The maximum atomic E-state index is 13.5. The second kappa shape index (κ2) is 14.0. The standard InChI is InChI=1S/C28H39BrN2O3S2/c1-4-5-6-7-8-9-16-30-28(32)26-18-25(36(33,34)31-19-21(2)17-22(3)20-31)14-15-27(26)35-24-12-10-23(29)11-13-24/h10-15,18,21-22H,4-9,16-17,19-20H2,1-3H3,(H,30,32). The largest absolute Gasteiger partial charge is 0.352 e. The molecule has 0 spiro atoms. The van der Waals surface area contributed by atoms with Crippen molar-refractivity contribution in [3.05, 3.63) is 52.5 Å². The zero-order valence-corrected chi connectivity index (χ0v) is 24.9.